The topological polar surface area (TPSA) is 93.6 Å². The summed E-state index contributed by atoms with van der Waals surface area (Å²) >= 11 is 0. The molecule has 0 unspecified atom stereocenters. The number of fused-ring (bicyclic) bond motifs is 1. The van der Waals surface area contributed by atoms with Crippen LogP contribution in [0.2, 0.25) is 0 Å². The van der Waals surface area contributed by atoms with Crippen LogP contribution in [0, 0.1) is 5.92 Å². The lowest BCUT2D eigenvalue weighted by molar-refractivity contribution is -0.870. The van der Waals surface area contributed by atoms with Gasteiger partial charge in [-0.05, 0) is 42.9 Å². The molecular formula is C32H52N5O5+. The van der Waals surface area contributed by atoms with E-state index in [2.05, 4.69) is 39.0 Å². The van der Waals surface area contributed by atoms with Crippen molar-refractivity contribution in [1.29, 1.82) is 0 Å². The van der Waals surface area contributed by atoms with E-state index in [0.717, 1.165) is 73.1 Å². The van der Waals surface area contributed by atoms with E-state index in [4.69, 9.17) is 4.74 Å². The van der Waals surface area contributed by atoms with Crippen LogP contribution in [0.4, 0.5) is 4.79 Å². The van der Waals surface area contributed by atoms with Crippen molar-refractivity contribution in [3.8, 4) is 5.75 Å². The second-order valence-electron chi connectivity index (χ2n) is 13.4. The molecule has 234 valence electrons. The largest absolute Gasteiger partial charge is 0.493 e. The first-order valence-corrected chi connectivity index (χ1v) is 15.8. The molecule has 0 aliphatic carbocycles. The molecule has 10 nitrogen and oxygen atoms in total. The van der Waals surface area contributed by atoms with Gasteiger partial charge in [0.05, 0.1) is 46.8 Å². The summed E-state index contributed by atoms with van der Waals surface area (Å²) < 4.78 is 6.60. The first-order valence-electron chi connectivity index (χ1n) is 15.8. The van der Waals surface area contributed by atoms with Crippen LogP contribution in [0.15, 0.2) is 18.2 Å². The van der Waals surface area contributed by atoms with Crippen LogP contribution < -0.4 is 4.74 Å². The maximum Gasteiger partial charge on any atom is 0.319 e. The smallest absolute Gasteiger partial charge is 0.319 e. The normalized spacial score (nSPS) is 22.5. The Labute approximate surface area is 251 Å². The number of ether oxygens (including phenoxy) is 1. The number of benzene rings is 1. The summed E-state index contributed by atoms with van der Waals surface area (Å²) in [6.07, 6.45) is 5.31. The monoisotopic (exact) mass is 586 g/mol. The zero-order valence-corrected chi connectivity index (χ0v) is 26.4. The fraction of sp³-hybridized carbons (Fsp3) is 0.719. The van der Waals surface area contributed by atoms with Gasteiger partial charge in [0.15, 0.2) is 0 Å². The molecule has 0 aromatic heterocycles. The molecule has 10 heteroatoms. The Morgan fingerprint density at radius 2 is 1.88 bits per heavy atom. The Bertz CT molecular complexity index is 1110. The fourth-order valence-electron chi connectivity index (χ4n) is 6.70. The number of urea groups is 1. The average molecular weight is 587 g/mol. The van der Waals surface area contributed by atoms with Crippen molar-refractivity contribution in [1.82, 2.24) is 19.6 Å². The number of aliphatic carboxylic acids is 1. The minimum absolute atomic E-state index is 0.0164. The fourth-order valence-corrected chi connectivity index (χ4v) is 6.70. The number of likely N-dealkylation sites (tertiary alicyclic amines) is 1. The van der Waals surface area contributed by atoms with E-state index in [-0.39, 0.29) is 30.4 Å². The van der Waals surface area contributed by atoms with Gasteiger partial charge in [-0.2, -0.15) is 0 Å². The van der Waals surface area contributed by atoms with Crippen molar-refractivity contribution in [2.45, 2.75) is 57.4 Å². The van der Waals surface area contributed by atoms with Crippen LogP contribution in [-0.4, -0.2) is 140 Å². The minimum Gasteiger partial charge on any atom is -0.493 e. The number of carbonyl (C=O) groups excluding carboxylic acids is 2. The lowest BCUT2D eigenvalue weighted by Gasteiger charge is -2.31. The molecule has 1 aromatic carbocycles. The number of likely N-dealkylation sites (N-methyl/N-ethyl adjacent to an activating group) is 1. The van der Waals surface area contributed by atoms with Gasteiger partial charge in [-0.15, -0.1) is 0 Å². The molecular weight excluding hydrogens is 534 g/mol. The summed E-state index contributed by atoms with van der Waals surface area (Å²) in [6, 6.07) is 5.70. The molecule has 3 aliphatic heterocycles. The van der Waals surface area contributed by atoms with E-state index in [1.54, 1.807) is 16.8 Å². The molecule has 0 radical (unpaired) electrons. The van der Waals surface area contributed by atoms with Gasteiger partial charge in [-0.25, -0.2) is 4.79 Å². The predicted molar refractivity (Wildman–Crippen MR) is 163 cm³/mol. The molecule has 3 amide bonds. The van der Waals surface area contributed by atoms with Crippen molar-refractivity contribution in [2.75, 3.05) is 87.2 Å². The van der Waals surface area contributed by atoms with Crippen molar-refractivity contribution < 1.29 is 28.7 Å². The number of carboxylic acids is 1. The second kappa shape index (κ2) is 14.1. The molecule has 3 atom stereocenters. The summed E-state index contributed by atoms with van der Waals surface area (Å²) in [5.74, 6) is -0.799. The van der Waals surface area contributed by atoms with Gasteiger partial charge in [0.2, 0.25) is 5.91 Å². The Hall–Kier alpha value is -2.85. The van der Waals surface area contributed by atoms with Gasteiger partial charge in [-0.1, -0.05) is 25.5 Å². The molecule has 2 fully saturated rings. The Balaban J connectivity index is 1.53. The Kier molecular flexibility index (Phi) is 10.8. The number of quaternary nitrogens is 1. The number of nitrogens with zero attached hydrogens (tertiary/aromatic N) is 5. The van der Waals surface area contributed by atoms with Crippen LogP contribution in [0.25, 0.3) is 0 Å². The highest BCUT2D eigenvalue weighted by Crippen LogP contribution is 2.41. The van der Waals surface area contributed by atoms with E-state index in [1.165, 1.54) is 0 Å². The van der Waals surface area contributed by atoms with Crippen LogP contribution in [-0.2, 0) is 16.0 Å². The maximum atomic E-state index is 13.8. The number of hydrogen-bond acceptors (Lipinski definition) is 5. The third-order valence-corrected chi connectivity index (χ3v) is 9.15. The van der Waals surface area contributed by atoms with Crippen molar-refractivity contribution in [3.05, 3.63) is 29.3 Å². The molecule has 42 heavy (non-hydrogen) atoms. The SMILES string of the molecule is CCCCN(CCCC[N+](C)(C)C)C(=O)CN1C[C@H](c2ccc3c(c2)CCO3)[C@@H](C(=O)O)[C@@H]1CCN1CCN(C)C1=O. The number of rotatable bonds is 15. The van der Waals surface area contributed by atoms with E-state index in [1.807, 2.05) is 17.0 Å². The highest BCUT2D eigenvalue weighted by Gasteiger charge is 2.47. The molecule has 0 spiro atoms. The predicted octanol–water partition coefficient (Wildman–Crippen LogP) is 2.96. The average Bonchev–Trinajstić information content (AvgIpc) is 3.63. The lowest BCUT2D eigenvalue weighted by atomic mass is 9.83. The molecule has 3 heterocycles. The molecule has 1 N–H and O–H groups in total. The number of hydrogen-bond donors (Lipinski definition) is 1. The van der Waals surface area contributed by atoms with Crippen molar-refractivity contribution in [3.63, 3.8) is 0 Å². The van der Waals surface area contributed by atoms with Crippen molar-refractivity contribution >= 4 is 17.9 Å². The van der Waals surface area contributed by atoms with E-state index in [0.29, 0.717) is 39.2 Å². The maximum absolute atomic E-state index is 13.8. The molecule has 1 aromatic rings. The van der Waals surface area contributed by atoms with Crippen LogP contribution in [0.1, 0.15) is 56.1 Å². The standard InChI is InChI=1S/C32H51N5O5/c1-6-7-14-34(15-8-9-19-37(3,4)5)29(38)23-36-22-26(24-10-11-28-25(21-24)13-20-42-28)30(31(39)40)27(36)12-16-35-18-17-33(2)32(35)41/h10-11,21,26-27,30H,6-9,12-20,22-23H2,1-5H3/p+1/t26-,27+,30-/m1/s1. The van der Waals surface area contributed by atoms with E-state index in [9.17, 15) is 19.5 Å². The summed E-state index contributed by atoms with van der Waals surface area (Å²) in [7, 11) is 8.35. The molecule has 0 bridgehead atoms. The number of unbranched alkanes of at least 4 members (excludes halogenated alkanes) is 2. The van der Waals surface area contributed by atoms with E-state index >= 15 is 0 Å². The minimum atomic E-state index is -0.843. The van der Waals surface area contributed by atoms with Gasteiger partial charge in [0.1, 0.15) is 5.75 Å². The summed E-state index contributed by atoms with van der Waals surface area (Å²) in [6.45, 7) is 7.80. The zero-order chi connectivity index (χ0) is 30.4. The Morgan fingerprint density at radius 1 is 1.12 bits per heavy atom. The second-order valence-corrected chi connectivity index (χ2v) is 13.4. The zero-order valence-electron chi connectivity index (χ0n) is 26.4. The molecule has 2 saturated heterocycles. The summed E-state index contributed by atoms with van der Waals surface area (Å²) in [5.41, 5.74) is 2.11. The van der Waals surface area contributed by atoms with Gasteiger partial charge in [0.25, 0.3) is 0 Å². The van der Waals surface area contributed by atoms with Gasteiger partial charge in [0, 0.05) is 64.7 Å². The third kappa shape index (κ3) is 7.95. The number of amides is 3. The van der Waals surface area contributed by atoms with Crippen LogP contribution in [0.5, 0.6) is 5.75 Å². The van der Waals surface area contributed by atoms with Crippen molar-refractivity contribution in [2.24, 2.45) is 5.92 Å². The molecule has 3 aliphatic rings. The first-order chi connectivity index (χ1) is 20.0. The molecule has 0 saturated carbocycles. The van der Waals surface area contributed by atoms with Gasteiger partial charge >= 0.3 is 12.0 Å². The highest BCUT2D eigenvalue weighted by molar-refractivity contribution is 5.79. The molecule has 4 rings (SSSR count). The van der Waals surface area contributed by atoms with Crippen LogP contribution >= 0.6 is 0 Å². The number of carboxylic acid groups (broad SMARTS) is 1. The Morgan fingerprint density at radius 3 is 2.55 bits per heavy atom. The first kappa shape index (κ1) is 32.1. The van der Waals surface area contributed by atoms with Crippen LogP contribution in [0.3, 0.4) is 0 Å². The highest BCUT2D eigenvalue weighted by atomic mass is 16.5. The third-order valence-electron chi connectivity index (χ3n) is 9.15. The number of carbonyl (C=O) groups is 3. The summed E-state index contributed by atoms with van der Waals surface area (Å²) in [4.78, 5) is 46.9. The van der Waals surface area contributed by atoms with Gasteiger partial charge < -0.3 is 29.0 Å². The quantitative estimate of drug-likeness (QED) is 0.251. The lowest BCUT2D eigenvalue weighted by Crippen LogP contribution is -2.46. The van der Waals surface area contributed by atoms with E-state index < -0.39 is 11.9 Å². The summed E-state index contributed by atoms with van der Waals surface area (Å²) in [5, 5.41) is 10.5. The van der Waals surface area contributed by atoms with Gasteiger partial charge in [-0.3, -0.25) is 14.5 Å².